The topological polar surface area (TPSA) is 50.7 Å². The van der Waals surface area contributed by atoms with Crippen molar-refractivity contribution in [2.45, 2.75) is 32.6 Å². The molecular weight excluding hydrogens is 240 g/mol. The van der Waals surface area contributed by atoms with Crippen LogP contribution >= 0.6 is 0 Å². The van der Waals surface area contributed by atoms with Gasteiger partial charge in [0.15, 0.2) is 0 Å². The minimum Gasteiger partial charge on any atom is -0.497 e. The third-order valence-electron chi connectivity index (χ3n) is 3.54. The average Bonchev–Trinajstić information content (AvgIpc) is 2.46. The molecule has 4 nitrogen and oxygen atoms in total. The second-order valence-corrected chi connectivity index (χ2v) is 4.92. The number of hydrazone groups is 1. The number of benzene rings is 1. The quantitative estimate of drug-likeness (QED) is 0.849. The van der Waals surface area contributed by atoms with Gasteiger partial charge in [0.2, 0.25) is 0 Å². The zero-order chi connectivity index (χ0) is 13.7. The van der Waals surface area contributed by atoms with Crippen molar-refractivity contribution in [3.05, 3.63) is 29.8 Å². The molecule has 0 heterocycles. The molecule has 1 aromatic rings. The Morgan fingerprint density at radius 2 is 2.05 bits per heavy atom. The van der Waals surface area contributed by atoms with Gasteiger partial charge in [-0.05, 0) is 49.4 Å². The summed E-state index contributed by atoms with van der Waals surface area (Å²) in [7, 11) is 1.60. The Morgan fingerprint density at radius 1 is 1.32 bits per heavy atom. The SMILES string of the molecule is COc1ccc(C(=O)N/N=C2/CCCC[C@H]2C)cc1. The molecule has 0 bridgehead atoms. The van der Waals surface area contributed by atoms with Gasteiger partial charge in [-0.25, -0.2) is 5.43 Å². The van der Waals surface area contributed by atoms with Gasteiger partial charge in [-0.1, -0.05) is 13.3 Å². The molecule has 1 atom stereocenters. The highest BCUT2D eigenvalue weighted by molar-refractivity contribution is 5.96. The van der Waals surface area contributed by atoms with Crippen LogP contribution in [0, 0.1) is 5.92 Å². The molecule has 1 fully saturated rings. The lowest BCUT2D eigenvalue weighted by atomic mass is 9.89. The Balaban J connectivity index is 1.98. The van der Waals surface area contributed by atoms with Gasteiger partial charge in [0.25, 0.3) is 5.91 Å². The number of ether oxygens (including phenoxy) is 1. The van der Waals surface area contributed by atoms with Crippen molar-refractivity contribution in [2.75, 3.05) is 7.11 Å². The molecular formula is C15H20N2O2. The Bertz CT molecular complexity index is 466. The zero-order valence-corrected chi connectivity index (χ0v) is 11.5. The number of carbonyl (C=O) groups is 1. The summed E-state index contributed by atoms with van der Waals surface area (Å²) in [6.45, 7) is 2.16. The Kier molecular flexibility index (Phi) is 4.55. The fourth-order valence-electron chi connectivity index (χ4n) is 2.27. The van der Waals surface area contributed by atoms with Crippen LogP contribution in [0.1, 0.15) is 43.0 Å². The first-order valence-electron chi connectivity index (χ1n) is 6.71. The van der Waals surface area contributed by atoms with Gasteiger partial charge in [-0.2, -0.15) is 5.10 Å². The molecule has 1 aliphatic rings. The Labute approximate surface area is 113 Å². The number of hydrogen-bond donors (Lipinski definition) is 1. The smallest absolute Gasteiger partial charge is 0.271 e. The highest BCUT2D eigenvalue weighted by Crippen LogP contribution is 2.20. The summed E-state index contributed by atoms with van der Waals surface area (Å²) in [5.41, 5.74) is 4.34. The third kappa shape index (κ3) is 3.56. The summed E-state index contributed by atoms with van der Waals surface area (Å²) < 4.78 is 5.06. The predicted molar refractivity (Wildman–Crippen MR) is 75.5 cm³/mol. The minimum atomic E-state index is -0.173. The highest BCUT2D eigenvalue weighted by atomic mass is 16.5. The van der Waals surface area contributed by atoms with E-state index < -0.39 is 0 Å². The molecule has 1 amide bonds. The van der Waals surface area contributed by atoms with Gasteiger partial charge in [-0.15, -0.1) is 0 Å². The standard InChI is InChI=1S/C15H20N2O2/c1-11-5-3-4-6-14(11)16-17-15(18)12-7-9-13(19-2)10-8-12/h7-11H,3-6H2,1-2H3,(H,17,18)/b16-14-/t11-/m1/s1. The molecule has 0 aliphatic heterocycles. The molecule has 0 radical (unpaired) electrons. The third-order valence-corrected chi connectivity index (χ3v) is 3.54. The molecule has 2 rings (SSSR count). The summed E-state index contributed by atoms with van der Waals surface area (Å²) in [5.74, 6) is 1.04. The molecule has 0 saturated heterocycles. The van der Waals surface area contributed by atoms with E-state index in [-0.39, 0.29) is 5.91 Å². The van der Waals surface area contributed by atoms with Crippen LogP contribution in [-0.4, -0.2) is 18.7 Å². The average molecular weight is 260 g/mol. The van der Waals surface area contributed by atoms with Gasteiger partial charge in [-0.3, -0.25) is 4.79 Å². The van der Waals surface area contributed by atoms with Crippen molar-refractivity contribution in [3.8, 4) is 5.75 Å². The maximum atomic E-state index is 11.9. The molecule has 102 valence electrons. The van der Waals surface area contributed by atoms with Gasteiger partial charge in [0.05, 0.1) is 7.11 Å². The summed E-state index contributed by atoms with van der Waals surface area (Å²) in [6.07, 6.45) is 4.58. The highest BCUT2D eigenvalue weighted by Gasteiger charge is 2.16. The molecule has 0 spiro atoms. The van der Waals surface area contributed by atoms with Crippen LogP contribution in [0.15, 0.2) is 29.4 Å². The number of carbonyl (C=O) groups excluding carboxylic acids is 1. The molecule has 0 aromatic heterocycles. The van der Waals surface area contributed by atoms with E-state index >= 15 is 0 Å². The predicted octanol–water partition coefficient (Wildman–Crippen LogP) is 2.99. The number of methoxy groups -OCH3 is 1. The van der Waals surface area contributed by atoms with Crippen molar-refractivity contribution >= 4 is 11.6 Å². The zero-order valence-electron chi connectivity index (χ0n) is 11.5. The maximum absolute atomic E-state index is 11.9. The number of hydrogen-bond acceptors (Lipinski definition) is 3. The van der Waals surface area contributed by atoms with E-state index in [2.05, 4.69) is 17.5 Å². The fraction of sp³-hybridized carbons (Fsp3) is 0.467. The lowest BCUT2D eigenvalue weighted by molar-refractivity contribution is 0.0954. The Hall–Kier alpha value is -1.84. The summed E-state index contributed by atoms with van der Waals surface area (Å²) in [6, 6.07) is 7.01. The van der Waals surface area contributed by atoms with E-state index in [1.54, 1.807) is 31.4 Å². The van der Waals surface area contributed by atoms with Crippen molar-refractivity contribution < 1.29 is 9.53 Å². The lowest BCUT2D eigenvalue weighted by Gasteiger charge is -2.19. The van der Waals surface area contributed by atoms with E-state index in [1.165, 1.54) is 12.8 Å². The van der Waals surface area contributed by atoms with Gasteiger partial charge < -0.3 is 4.74 Å². The molecule has 19 heavy (non-hydrogen) atoms. The van der Waals surface area contributed by atoms with E-state index in [1.807, 2.05) is 0 Å². The Morgan fingerprint density at radius 3 is 2.68 bits per heavy atom. The van der Waals surface area contributed by atoms with Crippen LogP contribution in [-0.2, 0) is 0 Å². The van der Waals surface area contributed by atoms with Crippen molar-refractivity contribution in [1.29, 1.82) is 0 Å². The number of rotatable bonds is 3. The van der Waals surface area contributed by atoms with Crippen LogP contribution < -0.4 is 10.2 Å². The fourth-order valence-corrected chi connectivity index (χ4v) is 2.27. The normalized spacial score (nSPS) is 21.2. The first kappa shape index (κ1) is 13.6. The summed E-state index contributed by atoms with van der Waals surface area (Å²) in [4.78, 5) is 11.9. The molecule has 4 heteroatoms. The van der Waals surface area contributed by atoms with Crippen LogP contribution in [0.5, 0.6) is 5.75 Å². The van der Waals surface area contributed by atoms with Gasteiger partial charge in [0.1, 0.15) is 5.75 Å². The molecule has 1 N–H and O–H groups in total. The van der Waals surface area contributed by atoms with Crippen molar-refractivity contribution in [2.24, 2.45) is 11.0 Å². The second kappa shape index (κ2) is 6.36. The van der Waals surface area contributed by atoms with Crippen molar-refractivity contribution in [1.82, 2.24) is 5.43 Å². The molecule has 1 saturated carbocycles. The second-order valence-electron chi connectivity index (χ2n) is 4.92. The largest absolute Gasteiger partial charge is 0.497 e. The number of nitrogens with one attached hydrogen (secondary N) is 1. The monoisotopic (exact) mass is 260 g/mol. The summed E-state index contributed by atoms with van der Waals surface area (Å²) in [5, 5.41) is 4.27. The van der Waals surface area contributed by atoms with Gasteiger partial charge >= 0.3 is 0 Å². The molecule has 0 unspecified atom stereocenters. The van der Waals surface area contributed by atoms with Crippen LogP contribution in [0.3, 0.4) is 0 Å². The first-order valence-corrected chi connectivity index (χ1v) is 6.71. The van der Waals surface area contributed by atoms with Crippen LogP contribution in [0.4, 0.5) is 0 Å². The van der Waals surface area contributed by atoms with E-state index in [0.29, 0.717) is 11.5 Å². The molecule has 1 aromatic carbocycles. The van der Waals surface area contributed by atoms with E-state index in [4.69, 9.17) is 4.74 Å². The summed E-state index contributed by atoms with van der Waals surface area (Å²) >= 11 is 0. The number of nitrogens with zero attached hydrogens (tertiary/aromatic N) is 1. The van der Waals surface area contributed by atoms with E-state index in [0.717, 1.165) is 24.3 Å². The minimum absolute atomic E-state index is 0.173. The lowest BCUT2D eigenvalue weighted by Crippen LogP contribution is -2.24. The first-order chi connectivity index (χ1) is 9.20. The van der Waals surface area contributed by atoms with Crippen molar-refractivity contribution in [3.63, 3.8) is 0 Å². The number of amides is 1. The van der Waals surface area contributed by atoms with Crippen LogP contribution in [0.25, 0.3) is 0 Å². The molecule has 1 aliphatic carbocycles. The van der Waals surface area contributed by atoms with E-state index in [9.17, 15) is 4.79 Å². The van der Waals surface area contributed by atoms with Crippen LogP contribution in [0.2, 0.25) is 0 Å². The maximum Gasteiger partial charge on any atom is 0.271 e. The van der Waals surface area contributed by atoms with Gasteiger partial charge in [0, 0.05) is 11.3 Å².